The van der Waals surface area contributed by atoms with Gasteiger partial charge in [0.1, 0.15) is 0 Å². The molecule has 0 spiro atoms. The van der Waals surface area contributed by atoms with Gasteiger partial charge in [0.25, 0.3) is 0 Å². The van der Waals surface area contributed by atoms with Crippen molar-refractivity contribution in [2.45, 2.75) is 63.8 Å². The Bertz CT molecular complexity index is 1090. The lowest BCUT2D eigenvalue weighted by Crippen LogP contribution is -2.29. The Hall–Kier alpha value is -3.20. The van der Waals surface area contributed by atoms with Crippen LogP contribution in [0.5, 0.6) is 0 Å². The first-order valence-corrected chi connectivity index (χ1v) is 11.9. The molecule has 33 heavy (non-hydrogen) atoms. The Labute approximate surface area is 193 Å². The highest BCUT2D eigenvalue weighted by atomic mass is 16.3. The Morgan fingerprint density at radius 2 is 1.88 bits per heavy atom. The second-order valence-electron chi connectivity index (χ2n) is 8.98. The van der Waals surface area contributed by atoms with Crippen LogP contribution in [0.4, 0.5) is 11.8 Å². The molecular formula is C24H31N7O2. The summed E-state index contributed by atoms with van der Waals surface area (Å²) >= 11 is 0. The van der Waals surface area contributed by atoms with Gasteiger partial charge in [0.15, 0.2) is 17.0 Å². The summed E-state index contributed by atoms with van der Waals surface area (Å²) in [6.07, 6.45) is 6.53. The molecule has 5 rings (SSSR count). The first-order valence-electron chi connectivity index (χ1n) is 11.9. The van der Waals surface area contributed by atoms with Crippen molar-refractivity contribution in [3.05, 3.63) is 42.2 Å². The van der Waals surface area contributed by atoms with Gasteiger partial charge in [-0.1, -0.05) is 30.3 Å². The number of nitrogens with zero attached hydrogens (tertiary/aromatic N) is 5. The van der Waals surface area contributed by atoms with Crippen LogP contribution in [-0.2, 0) is 17.9 Å². The van der Waals surface area contributed by atoms with Crippen molar-refractivity contribution in [1.29, 1.82) is 0 Å². The van der Waals surface area contributed by atoms with Crippen molar-refractivity contribution in [2.24, 2.45) is 0 Å². The minimum absolute atomic E-state index is 0.204. The molecule has 1 aromatic carbocycles. The maximum Gasteiger partial charge on any atom is 0.227 e. The van der Waals surface area contributed by atoms with E-state index < -0.39 is 0 Å². The van der Waals surface area contributed by atoms with E-state index in [-0.39, 0.29) is 18.1 Å². The summed E-state index contributed by atoms with van der Waals surface area (Å²) in [5.41, 5.74) is 2.64. The fourth-order valence-corrected chi connectivity index (χ4v) is 4.65. The predicted molar refractivity (Wildman–Crippen MR) is 127 cm³/mol. The van der Waals surface area contributed by atoms with Gasteiger partial charge in [0, 0.05) is 38.6 Å². The number of aromatic nitrogens is 4. The lowest BCUT2D eigenvalue weighted by atomic mass is 9.93. The highest BCUT2D eigenvalue weighted by Crippen LogP contribution is 2.25. The maximum atomic E-state index is 12.0. The highest BCUT2D eigenvalue weighted by Gasteiger charge is 2.22. The molecule has 3 heterocycles. The fourth-order valence-electron chi connectivity index (χ4n) is 4.65. The molecule has 3 N–H and O–H groups in total. The van der Waals surface area contributed by atoms with E-state index in [2.05, 4.69) is 27.8 Å². The number of hydrogen-bond acceptors (Lipinski definition) is 7. The van der Waals surface area contributed by atoms with E-state index in [9.17, 15) is 9.90 Å². The molecule has 174 valence electrons. The number of aliphatic hydroxyl groups excluding tert-OH is 1. The Kier molecular flexibility index (Phi) is 6.39. The number of hydrogen-bond donors (Lipinski definition) is 3. The molecule has 2 aliphatic rings. The summed E-state index contributed by atoms with van der Waals surface area (Å²) in [5, 5.41) is 16.7. The second-order valence-corrected chi connectivity index (χ2v) is 8.98. The Morgan fingerprint density at radius 1 is 1.06 bits per heavy atom. The van der Waals surface area contributed by atoms with E-state index in [1.165, 1.54) is 0 Å². The molecule has 1 aliphatic heterocycles. The number of anilines is 2. The standard InChI is InChI=1S/C24H31N7O2/c32-19-10-8-18(9-11-19)27-24-28-22(25-15-17-5-2-1-3-6-17)21-23(29-24)31(16-26-21)14-13-30-12-4-7-20(30)33/h1-3,5-6,16,18-19,32H,4,7-15H2,(H2,25,27,28,29). The zero-order valence-electron chi connectivity index (χ0n) is 18.8. The molecule has 1 amide bonds. The van der Waals surface area contributed by atoms with Gasteiger partial charge in [0.05, 0.1) is 12.4 Å². The summed E-state index contributed by atoms with van der Waals surface area (Å²) in [7, 11) is 0. The van der Waals surface area contributed by atoms with Gasteiger partial charge >= 0.3 is 0 Å². The molecule has 0 atom stereocenters. The summed E-state index contributed by atoms with van der Waals surface area (Å²) in [5.74, 6) is 1.48. The minimum atomic E-state index is -0.204. The van der Waals surface area contributed by atoms with E-state index in [0.29, 0.717) is 37.8 Å². The molecule has 3 aromatic rings. The van der Waals surface area contributed by atoms with Gasteiger partial charge in [-0.3, -0.25) is 4.79 Å². The third kappa shape index (κ3) is 5.08. The van der Waals surface area contributed by atoms with Gasteiger partial charge in [-0.15, -0.1) is 0 Å². The third-order valence-electron chi connectivity index (χ3n) is 6.58. The molecule has 1 saturated carbocycles. The van der Waals surface area contributed by atoms with Gasteiger partial charge in [-0.25, -0.2) is 4.98 Å². The first kappa shape index (κ1) is 21.6. The second kappa shape index (κ2) is 9.74. The molecule has 0 unspecified atom stereocenters. The number of nitrogens with one attached hydrogen (secondary N) is 2. The summed E-state index contributed by atoms with van der Waals surface area (Å²) in [4.78, 5) is 28.1. The van der Waals surface area contributed by atoms with E-state index in [4.69, 9.17) is 9.97 Å². The molecule has 2 fully saturated rings. The number of benzene rings is 1. The highest BCUT2D eigenvalue weighted by molar-refractivity contribution is 5.84. The lowest BCUT2D eigenvalue weighted by molar-refractivity contribution is -0.127. The van der Waals surface area contributed by atoms with E-state index in [1.807, 2.05) is 27.7 Å². The van der Waals surface area contributed by atoms with Crippen LogP contribution in [0.3, 0.4) is 0 Å². The first-order chi connectivity index (χ1) is 16.2. The molecule has 1 aliphatic carbocycles. The zero-order valence-corrected chi connectivity index (χ0v) is 18.8. The normalized spacial score (nSPS) is 21.0. The zero-order chi connectivity index (χ0) is 22.6. The molecule has 0 radical (unpaired) electrons. The van der Waals surface area contributed by atoms with Crippen molar-refractivity contribution >= 4 is 28.8 Å². The Morgan fingerprint density at radius 3 is 2.64 bits per heavy atom. The van der Waals surface area contributed by atoms with Crippen molar-refractivity contribution in [3.63, 3.8) is 0 Å². The van der Waals surface area contributed by atoms with Gasteiger partial charge in [-0.2, -0.15) is 9.97 Å². The van der Waals surface area contributed by atoms with Crippen LogP contribution in [-0.4, -0.2) is 60.7 Å². The van der Waals surface area contributed by atoms with Gasteiger partial charge in [0.2, 0.25) is 11.9 Å². The number of amides is 1. The molecule has 0 bridgehead atoms. The quantitative estimate of drug-likeness (QED) is 0.485. The van der Waals surface area contributed by atoms with E-state index in [1.54, 1.807) is 6.33 Å². The maximum absolute atomic E-state index is 12.0. The van der Waals surface area contributed by atoms with Crippen molar-refractivity contribution in [2.75, 3.05) is 23.7 Å². The molecule has 9 nitrogen and oxygen atoms in total. The number of aliphatic hydroxyl groups is 1. The van der Waals surface area contributed by atoms with Crippen LogP contribution in [0.2, 0.25) is 0 Å². The average molecular weight is 450 g/mol. The van der Waals surface area contributed by atoms with Crippen LogP contribution in [0, 0.1) is 0 Å². The van der Waals surface area contributed by atoms with E-state index in [0.717, 1.165) is 55.4 Å². The van der Waals surface area contributed by atoms with Crippen molar-refractivity contribution in [1.82, 2.24) is 24.4 Å². The number of carbonyl (C=O) groups excluding carboxylic acids is 1. The van der Waals surface area contributed by atoms with Crippen LogP contribution in [0.1, 0.15) is 44.1 Å². The molecule has 1 saturated heterocycles. The largest absolute Gasteiger partial charge is 0.393 e. The minimum Gasteiger partial charge on any atom is -0.393 e. The van der Waals surface area contributed by atoms with Crippen molar-refractivity contribution in [3.8, 4) is 0 Å². The number of rotatable bonds is 8. The van der Waals surface area contributed by atoms with Crippen LogP contribution >= 0.6 is 0 Å². The average Bonchev–Trinajstić information content (AvgIpc) is 3.44. The van der Waals surface area contributed by atoms with Gasteiger partial charge in [-0.05, 0) is 37.7 Å². The molecule has 9 heteroatoms. The molecule has 2 aromatic heterocycles. The number of likely N-dealkylation sites (tertiary alicyclic amines) is 1. The topological polar surface area (TPSA) is 108 Å². The van der Waals surface area contributed by atoms with Crippen LogP contribution in [0.25, 0.3) is 11.2 Å². The summed E-state index contributed by atoms with van der Waals surface area (Å²) in [6.45, 7) is 2.76. The Balaban J connectivity index is 1.39. The van der Waals surface area contributed by atoms with Crippen LogP contribution in [0.15, 0.2) is 36.7 Å². The monoisotopic (exact) mass is 449 g/mol. The van der Waals surface area contributed by atoms with Crippen LogP contribution < -0.4 is 10.6 Å². The number of imidazole rings is 1. The molecular weight excluding hydrogens is 418 g/mol. The van der Waals surface area contributed by atoms with E-state index >= 15 is 0 Å². The summed E-state index contributed by atoms with van der Waals surface area (Å²) in [6, 6.07) is 10.4. The fraction of sp³-hybridized carbons (Fsp3) is 0.500. The lowest BCUT2D eigenvalue weighted by Gasteiger charge is -2.26. The summed E-state index contributed by atoms with van der Waals surface area (Å²) < 4.78 is 2.01. The smallest absolute Gasteiger partial charge is 0.227 e. The van der Waals surface area contributed by atoms with Crippen molar-refractivity contribution < 1.29 is 9.90 Å². The number of fused-ring (bicyclic) bond motifs is 1. The predicted octanol–water partition coefficient (Wildman–Crippen LogP) is 2.78. The SMILES string of the molecule is O=C1CCCN1CCn1cnc2c(NCc3ccccc3)nc(NC3CCC(O)CC3)nc21. The third-order valence-corrected chi connectivity index (χ3v) is 6.58. The number of carbonyl (C=O) groups is 1. The van der Waals surface area contributed by atoms with Gasteiger partial charge < -0.3 is 25.2 Å².